The minimum Gasteiger partial charge on any atom is -0.349 e. The molecule has 9 heteroatoms. The summed E-state index contributed by atoms with van der Waals surface area (Å²) in [5.41, 5.74) is -1.18. The molecule has 2 spiro atoms. The van der Waals surface area contributed by atoms with Gasteiger partial charge < -0.3 is 10.6 Å². The van der Waals surface area contributed by atoms with Crippen LogP contribution in [-0.2, 0) is 19.8 Å². The van der Waals surface area contributed by atoms with Gasteiger partial charge in [-0.15, -0.1) is 0 Å². The van der Waals surface area contributed by atoms with Crippen molar-refractivity contribution < 1.29 is 18.8 Å². The monoisotopic (exact) mass is 569 g/mol. The van der Waals surface area contributed by atoms with Crippen molar-refractivity contribution in [3.05, 3.63) is 63.4 Å². The van der Waals surface area contributed by atoms with Crippen molar-refractivity contribution in [2.24, 2.45) is 5.41 Å². The Kier molecular flexibility index (Phi) is 5.41. The van der Waals surface area contributed by atoms with E-state index in [1.54, 1.807) is 31.2 Å². The summed E-state index contributed by atoms with van der Waals surface area (Å²) in [6, 6.07) is 9.23. The number of hydrogen-bond donors (Lipinski definition) is 3. The average Bonchev–Trinajstić information content (AvgIpc) is 3.30. The molecule has 2 amide bonds. The molecule has 0 aromatic heterocycles. The number of hydrogen-bond acceptors (Lipinski definition) is 4. The highest BCUT2D eigenvalue weighted by atomic mass is 35.5. The Labute approximate surface area is 236 Å². The Bertz CT molecular complexity index is 1440. The zero-order chi connectivity index (χ0) is 27.4. The second-order valence-electron chi connectivity index (χ2n) is 12.5. The molecule has 5 fully saturated rings. The van der Waals surface area contributed by atoms with Gasteiger partial charge in [0.2, 0.25) is 11.8 Å². The van der Waals surface area contributed by atoms with Crippen molar-refractivity contribution in [1.82, 2.24) is 10.6 Å². The lowest BCUT2D eigenvalue weighted by Gasteiger charge is -2.69. The van der Waals surface area contributed by atoms with E-state index in [-0.39, 0.29) is 33.6 Å². The molecule has 2 bridgehead atoms. The molecule has 2 aliphatic heterocycles. The van der Waals surface area contributed by atoms with Crippen LogP contribution in [0.25, 0.3) is 0 Å². The van der Waals surface area contributed by atoms with Gasteiger partial charge in [0.1, 0.15) is 17.0 Å². The molecule has 2 aromatic rings. The van der Waals surface area contributed by atoms with Crippen LogP contribution in [0.5, 0.6) is 0 Å². The van der Waals surface area contributed by atoms with Gasteiger partial charge in [-0.05, 0) is 68.4 Å². The predicted octanol–water partition coefficient (Wildman–Crippen LogP) is 5.41. The molecule has 0 radical (unpaired) electrons. The van der Waals surface area contributed by atoms with Crippen molar-refractivity contribution in [2.75, 3.05) is 5.32 Å². The highest BCUT2D eigenvalue weighted by molar-refractivity contribution is 6.31. The lowest BCUT2D eigenvalue weighted by atomic mass is 9.38. The molecule has 4 saturated carbocycles. The third kappa shape index (κ3) is 3.21. The molecule has 4 aliphatic carbocycles. The van der Waals surface area contributed by atoms with Gasteiger partial charge in [0.15, 0.2) is 0 Å². The van der Waals surface area contributed by atoms with E-state index in [1.165, 1.54) is 6.07 Å². The SMILES string of the molecule is CC(=O)C12CC(NC(=O)[C@@H]3NC4(CCCCC4)[C@@]4(C(=O)Nc5cc(Cl)ccc54)[C@H]3c3cccc(Cl)c3F)(C1)C2. The van der Waals surface area contributed by atoms with Crippen LogP contribution in [0, 0.1) is 11.2 Å². The third-order valence-electron chi connectivity index (χ3n) is 10.5. The first-order valence-electron chi connectivity index (χ1n) is 13.7. The minimum absolute atomic E-state index is 0.0519. The van der Waals surface area contributed by atoms with E-state index in [9.17, 15) is 14.4 Å². The third-order valence-corrected chi connectivity index (χ3v) is 11.0. The van der Waals surface area contributed by atoms with Gasteiger partial charge in [0.25, 0.3) is 0 Å². The van der Waals surface area contributed by atoms with Crippen LogP contribution in [0.4, 0.5) is 10.1 Å². The Hall–Kier alpha value is -2.48. The molecule has 1 saturated heterocycles. The summed E-state index contributed by atoms with van der Waals surface area (Å²) in [4.78, 5) is 40.6. The van der Waals surface area contributed by atoms with Crippen LogP contribution in [0.2, 0.25) is 10.0 Å². The summed E-state index contributed by atoms with van der Waals surface area (Å²) in [6.07, 6.45) is 6.02. The van der Waals surface area contributed by atoms with Gasteiger partial charge in [0, 0.05) is 33.1 Å². The largest absolute Gasteiger partial charge is 0.349 e. The van der Waals surface area contributed by atoms with E-state index in [0.29, 0.717) is 42.8 Å². The van der Waals surface area contributed by atoms with Gasteiger partial charge in [-0.1, -0.05) is 60.7 Å². The summed E-state index contributed by atoms with van der Waals surface area (Å²) >= 11 is 12.6. The lowest BCUT2D eigenvalue weighted by molar-refractivity contribution is -0.180. The van der Waals surface area contributed by atoms with Crippen LogP contribution in [0.1, 0.15) is 75.3 Å². The van der Waals surface area contributed by atoms with Crippen molar-refractivity contribution in [3.8, 4) is 0 Å². The van der Waals surface area contributed by atoms with Gasteiger partial charge >= 0.3 is 0 Å². The maximum Gasteiger partial charge on any atom is 0.238 e. The maximum atomic E-state index is 15.9. The molecule has 8 rings (SSSR count). The maximum absolute atomic E-state index is 15.9. The van der Waals surface area contributed by atoms with Gasteiger partial charge in [0.05, 0.1) is 11.1 Å². The van der Waals surface area contributed by atoms with Crippen LogP contribution in [-0.4, -0.2) is 34.7 Å². The number of carbonyl (C=O) groups is 3. The molecule has 39 heavy (non-hydrogen) atoms. The lowest BCUT2D eigenvalue weighted by Crippen LogP contribution is -2.77. The normalized spacial score (nSPS) is 35.2. The first kappa shape index (κ1) is 25.5. The molecule has 2 aromatic carbocycles. The molecule has 3 N–H and O–H groups in total. The van der Waals surface area contributed by atoms with Crippen molar-refractivity contribution >= 4 is 46.5 Å². The summed E-state index contributed by atoms with van der Waals surface area (Å²) in [7, 11) is 0. The molecule has 0 unspecified atom stereocenters. The fourth-order valence-corrected chi connectivity index (χ4v) is 9.20. The summed E-state index contributed by atoms with van der Waals surface area (Å²) in [5, 5.41) is 10.4. The topological polar surface area (TPSA) is 87.3 Å². The molecular weight excluding hydrogens is 540 g/mol. The minimum atomic E-state index is -1.25. The van der Waals surface area contributed by atoms with E-state index in [1.807, 2.05) is 6.07 Å². The standard InChI is InChI=1S/C30H30Cl2FN3O3/c1-16(37)27-13-28(14-27,15-27)36-25(38)24-22(18-6-5-7-20(32)23(18)33)30(29(35-24)10-3-2-4-11-29)19-9-8-17(31)12-21(19)34-26(30)39/h5-9,12,22,24,35H,2-4,10-11,13-15H2,1H3,(H,34,39)(H,36,38)/t22-,24+,27?,28?,30+/m0/s1. The van der Waals surface area contributed by atoms with E-state index in [4.69, 9.17) is 23.2 Å². The molecule has 6 nitrogen and oxygen atoms in total. The number of rotatable bonds is 4. The second-order valence-corrected chi connectivity index (χ2v) is 13.3. The zero-order valence-corrected chi connectivity index (χ0v) is 23.1. The fraction of sp³-hybridized carbons (Fsp3) is 0.500. The first-order valence-corrected chi connectivity index (χ1v) is 14.5. The molecule has 204 valence electrons. The first-order chi connectivity index (χ1) is 18.6. The number of ketones is 1. The van der Waals surface area contributed by atoms with E-state index >= 15 is 4.39 Å². The van der Waals surface area contributed by atoms with Crippen molar-refractivity contribution in [3.63, 3.8) is 0 Å². The number of nitrogens with one attached hydrogen (secondary N) is 3. The van der Waals surface area contributed by atoms with Crippen LogP contribution >= 0.6 is 23.2 Å². The zero-order valence-electron chi connectivity index (χ0n) is 21.6. The van der Waals surface area contributed by atoms with E-state index in [2.05, 4.69) is 16.0 Å². The molecular formula is C30H30Cl2FN3O3. The summed E-state index contributed by atoms with van der Waals surface area (Å²) in [6.45, 7) is 1.61. The van der Waals surface area contributed by atoms with Crippen LogP contribution in [0.3, 0.4) is 0 Å². The van der Waals surface area contributed by atoms with Gasteiger partial charge in [-0.3, -0.25) is 19.7 Å². The second kappa shape index (κ2) is 8.27. The molecule has 3 atom stereocenters. The quantitative estimate of drug-likeness (QED) is 0.459. The van der Waals surface area contributed by atoms with Crippen molar-refractivity contribution in [2.45, 2.75) is 86.7 Å². The smallest absolute Gasteiger partial charge is 0.238 e. The average molecular weight is 570 g/mol. The Morgan fingerprint density at radius 3 is 2.46 bits per heavy atom. The Morgan fingerprint density at radius 2 is 1.77 bits per heavy atom. The Morgan fingerprint density at radius 1 is 1.05 bits per heavy atom. The van der Waals surface area contributed by atoms with Crippen molar-refractivity contribution in [1.29, 1.82) is 0 Å². The fourth-order valence-electron chi connectivity index (χ4n) is 8.85. The number of anilines is 1. The van der Waals surface area contributed by atoms with Gasteiger partial charge in [-0.25, -0.2) is 4.39 Å². The molecule has 2 heterocycles. The predicted molar refractivity (Wildman–Crippen MR) is 146 cm³/mol. The van der Waals surface area contributed by atoms with Crippen LogP contribution < -0.4 is 16.0 Å². The van der Waals surface area contributed by atoms with E-state index in [0.717, 1.165) is 24.8 Å². The van der Waals surface area contributed by atoms with E-state index < -0.39 is 34.3 Å². The number of benzene rings is 2. The summed E-state index contributed by atoms with van der Waals surface area (Å²) < 4.78 is 15.9. The highest BCUT2D eigenvalue weighted by Gasteiger charge is 2.74. The highest BCUT2D eigenvalue weighted by Crippen LogP contribution is 2.68. The number of Topliss-reactive ketones (excluding diaryl/α,β-unsaturated/α-hetero) is 1. The molecule has 6 aliphatic rings. The number of halogens is 3. The Balaban J connectivity index is 1.39. The number of carbonyl (C=O) groups excluding carboxylic acids is 3. The van der Waals surface area contributed by atoms with Crippen LogP contribution in [0.15, 0.2) is 36.4 Å². The number of amides is 2. The summed E-state index contributed by atoms with van der Waals surface area (Å²) in [5.74, 6) is -1.84. The van der Waals surface area contributed by atoms with Gasteiger partial charge in [-0.2, -0.15) is 0 Å². The number of fused-ring (bicyclic) bond motifs is 3.